The molecular formula is C25H20N6O3. The van der Waals surface area contributed by atoms with Gasteiger partial charge in [0.05, 0.1) is 11.9 Å². The standard InChI is InChI=1S/C25H20N6O3/c26-23-21-22(16-10-12-19(13-11-16)34-18-7-2-1-3-8-18)29-31(24(21)28-15-27-23)14-17-6-4-5-9-20(17)25(32)30-33/h1-13,15,33H,14H2,(H,30,32)(H2,26,27,28). The Balaban J connectivity index is 1.53. The van der Waals surface area contributed by atoms with Crippen LogP contribution in [0.4, 0.5) is 5.82 Å². The van der Waals surface area contributed by atoms with Gasteiger partial charge in [-0.15, -0.1) is 0 Å². The number of nitrogen functional groups attached to an aromatic ring is 1. The van der Waals surface area contributed by atoms with E-state index in [2.05, 4.69) is 9.97 Å². The van der Waals surface area contributed by atoms with Crippen molar-refractivity contribution in [3.63, 3.8) is 0 Å². The van der Waals surface area contributed by atoms with Crippen LogP contribution in [0.2, 0.25) is 0 Å². The van der Waals surface area contributed by atoms with Crippen molar-refractivity contribution in [1.82, 2.24) is 25.2 Å². The van der Waals surface area contributed by atoms with E-state index >= 15 is 0 Å². The predicted octanol–water partition coefficient (Wildman–Crippen LogP) is 4.04. The molecule has 0 bridgehead atoms. The van der Waals surface area contributed by atoms with Crippen LogP contribution in [0.1, 0.15) is 15.9 Å². The van der Waals surface area contributed by atoms with E-state index in [0.29, 0.717) is 39.4 Å². The Morgan fingerprint density at radius 1 is 0.941 bits per heavy atom. The topological polar surface area (TPSA) is 128 Å². The Labute approximate surface area is 194 Å². The molecule has 2 aromatic heterocycles. The van der Waals surface area contributed by atoms with Gasteiger partial charge in [-0.05, 0) is 48.0 Å². The van der Waals surface area contributed by atoms with E-state index in [4.69, 9.17) is 20.8 Å². The van der Waals surface area contributed by atoms with Crippen molar-refractivity contribution in [2.45, 2.75) is 6.54 Å². The third-order valence-corrected chi connectivity index (χ3v) is 5.35. The molecule has 0 fully saturated rings. The minimum atomic E-state index is -0.601. The van der Waals surface area contributed by atoms with Gasteiger partial charge in [-0.3, -0.25) is 10.0 Å². The van der Waals surface area contributed by atoms with Crippen molar-refractivity contribution >= 4 is 22.8 Å². The molecule has 5 aromatic rings. The minimum absolute atomic E-state index is 0.242. The molecule has 4 N–H and O–H groups in total. The van der Waals surface area contributed by atoms with Crippen LogP contribution >= 0.6 is 0 Å². The van der Waals surface area contributed by atoms with Crippen LogP contribution in [0.15, 0.2) is 85.2 Å². The normalized spacial score (nSPS) is 10.9. The molecule has 168 valence electrons. The summed E-state index contributed by atoms with van der Waals surface area (Å²) in [5, 5.41) is 14.5. The maximum absolute atomic E-state index is 12.1. The van der Waals surface area contributed by atoms with Gasteiger partial charge in [0, 0.05) is 11.1 Å². The molecule has 0 radical (unpaired) electrons. The van der Waals surface area contributed by atoms with Gasteiger partial charge in [-0.25, -0.2) is 20.1 Å². The van der Waals surface area contributed by atoms with E-state index in [1.807, 2.05) is 60.7 Å². The molecule has 0 saturated carbocycles. The lowest BCUT2D eigenvalue weighted by atomic mass is 10.1. The minimum Gasteiger partial charge on any atom is -0.457 e. The number of carbonyl (C=O) groups is 1. The van der Waals surface area contributed by atoms with Crippen LogP contribution in [0.5, 0.6) is 11.5 Å². The summed E-state index contributed by atoms with van der Waals surface area (Å²) in [6, 6.07) is 24.0. The largest absolute Gasteiger partial charge is 0.457 e. The Hall–Kier alpha value is -4.76. The second kappa shape index (κ2) is 9.00. The van der Waals surface area contributed by atoms with Crippen LogP contribution < -0.4 is 16.0 Å². The zero-order valence-electron chi connectivity index (χ0n) is 17.9. The number of amides is 1. The first kappa shape index (κ1) is 21.1. The second-order valence-electron chi connectivity index (χ2n) is 7.50. The fourth-order valence-electron chi connectivity index (χ4n) is 3.75. The van der Waals surface area contributed by atoms with Crippen LogP contribution in [-0.4, -0.2) is 30.9 Å². The van der Waals surface area contributed by atoms with E-state index in [-0.39, 0.29) is 6.54 Å². The zero-order valence-corrected chi connectivity index (χ0v) is 17.9. The van der Waals surface area contributed by atoms with Crippen LogP contribution in [-0.2, 0) is 6.54 Å². The zero-order chi connectivity index (χ0) is 23.5. The SMILES string of the molecule is Nc1ncnc2c1c(-c1ccc(Oc3ccccc3)cc1)nn2Cc1ccccc1C(=O)NO. The number of hydrogen-bond acceptors (Lipinski definition) is 7. The molecular weight excluding hydrogens is 432 g/mol. The number of nitrogens with two attached hydrogens (primary N) is 1. The van der Waals surface area contributed by atoms with E-state index in [0.717, 1.165) is 11.3 Å². The quantitative estimate of drug-likeness (QED) is 0.262. The molecule has 0 saturated heterocycles. The van der Waals surface area contributed by atoms with E-state index < -0.39 is 5.91 Å². The fraction of sp³-hybridized carbons (Fsp3) is 0.0400. The molecule has 0 aliphatic carbocycles. The lowest BCUT2D eigenvalue weighted by Gasteiger charge is -2.08. The molecule has 9 heteroatoms. The van der Waals surface area contributed by atoms with Gasteiger partial charge in [0.1, 0.15) is 29.3 Å². The molecule has 5 rings (SSSR count). The lowest BCUT2D eigenvalue weighted by molar-refractivity contribution is 0.0705. The summed E-state index contributed by atoms with van der Waals surface area (Å²) in [6.07, 6.45) is 1.38. The monoisotopic (exact) mass is 452 g/mol. The summed E-state index contributed by atoms with van der Waals surface area (Å²) in [5.74, 6) is 1.13. The van der Waals surface area contributed by atoms with Crippen LogP contribution in [0.3, 0.4) is 0 Å². The highest BCUT2D eigenvalue weighted by atomic mass is 16.5. The van der Waals surface area contributed by atoms with Crippen LogP contribution in [0.25, 0.3) is 22.3 Å². The Morgan fingerprint density at radius 3 is 2.41 bits per heavy atom. The molecule has 34 heavy (non-hydrogen) atoms. The number of fused-ring (bicyclic) bond motifs is 1. The van der Waals surface area contributed by atoms with Gasteiger partial charge in [-0.2, -0.15) is 5.10 Å². The number of carbonyl (C=O) groups excluding carboxylic acids is 1. The lowest BCUT2D eigenvalue weighted by Crippen LogP contribution is -2.21. The average molecular weight is 452 g/mol. The first-order chi connectivity index (χ1) is 16.6. The van der Waals surface area contributed by atoms with Crippen molar-refractivity contribution in [3.8, 4) is 22.8 Å². The van der Waals surface area contributed by atoms with Crippen molar-refractivity contribution in [2.24, 2.45) is 0 Å². The molecule has 0 aliphatic heterocycles. The van der Waals surface area contributed by atoms with E-state index in [1.165, 1.54) is 6.33 Å². The Morgan fingerprint density at radius 2 is 1.65 bits per heavy atom. The van der Waals surface area contributed by atoms with Crippen molar-refractivity contribution < 1.29 is 14.7 Å². The summed E-state index contributed by atoms with van der Waals surface area (Å²) in [4.78, 5) is 20.6. The van der Waals surface area contributed by atoms with Gasteiger partial charge >= 0.3 is 0 Å². The van der Waals surface area contributed by atoms with Crippen molar-refractivity contribution in [3.05, 3.63) is 96.3 Å². The molecule has 3 aromatic carbocycles. The Bertz CT molecular complexity index is 1470. The Kier molecular flexibility index (Phi) is 5.59. The van der Waals surface area contributed by atoms with Crippen molar-refractivity contribution in [2.75, 3.05) is 5.73 Å². The second-order valence-corrected chi connectivity index (χ2v) is 7.50. The highest BCUT2D eigenvalue weighted by Gasteiger charge is 2.19. The highest BCUT2D eigenvalue weighted by molar-refractivity contribution is 5.98. The number of benzene rings is 3. The first-order valence-electron chi connectivity index (χ1n) is 10.5. The molecule has 0 aliphatic rings. The fourth-order valence-corrected chi connectivity index (χ4v) is 3.75. The molecule has 0 spiro atoms. The third kappa shape index (κ3) is 4.03. The smallest absolute Gasteiger partial charge is 0.274 e. The van der Waals surface area contributed by atoms with Crippen LogP contribution in [0, 0.1) is 0 Å². The number of ether oxygens (including phenoxy) is 1. The van der Waals surface area contributed by atoms with Gasteiger partial charge in [0.2, 0.25) is 0 Å². The summed E-state index contributed by atoms with van der Waals surface area (Å²) >= 11 is 0. The third-order valence-electron chi connectivity index (χ3n) is 5.35. The number of aromatic nitrogens is 4. The van der Waals surface area contributed by atoms with Gasteiger partial charge in [-0.1, -0.05) is 36.4 Å². The number of nitrogens with zero attached hydrogens (tertiary/aromatic N) is 4. The highest BCUT2D eigenvalue weighted by Crippen LogP contribution is 2.32. The number of para-hydroxylation sites is 1. The summed E-state index contributed by atoms with van der Waals surface area (Å²) < 4.78 is 7.54. The number of anilines is 1. The number of hydroxylamine groups is 1. The van der Waals surface area contributed by atoms with Crippen molar-refractivity contribution in [1.29, 1.82) is 0 Å². The number of rotatable bonds is 6. The predicted molar refractivity (Wildman–Crippen MR) is 126 cm³/mol. The molecule has 9 nitrogen and oxygen atoms in total. The number of hydrogen-bond donors (Lipinski definition) is 3. The maximum Gasteiger partial charge on any atom is 0.274 e. The molecule has 0 unspecified atom stereocenters. The maximum atomic E-state index is 12.1. The molecule has 0 atom stereocenters. The molecule has 1 amide bonds. The van der Waals surface area contributed by atoms with Gasteiger partial charge in [0.25, 0.3) is 5.91 Å². The van der Waals surface area contributed by atoms with Gasteiger partial charge in [0.15, 0.2) is 5.65 Å². The van der Waals surface area contributed by atoms with E-state index in [9.17, 15) is 4.79 Å². The summed E-state index contributed by atoms with van der Waals surface area (Å²) in [7, 11) is 0. The van der Waals surface area contributed by atoms with Gasteiger partial charge < -0.3 is 10.5 Å². The van der Waals surface area contributed by atoms with E-state index in [1.54, 1.807) is 28.4 Å². The average Bonchev–Trinajstić information content (AvgIpc) is 3.24. The molecule has 2 heterocycles. The first-order valence-corrected chi connectivity index (χ1v) is 10.5. The summed E-state index contributed by atoms with van der Waals surface area (Å²) in [6.45, 7) is 0.242. The summed E-state index contributed by atoms with van der Waals surface area (Å²) in [5.41, 5.74) is 10.8. The number of nitrogens with one attached hydrogen (secondary N) is 1.